The van der Waals surface area contributed by atoms with Crippen molar-refractivity contribution >= 4 is 6.08 Å². The predicted molar refractivity (Wildman–Crippen MR) is 77.0 cm³/mol. The van der Waals surface area contributed by atoms with Crippen LogP contribution in [0.5, 0.6) is 0 Å². The third-order valence-corrected chi connectivity index (χ3v) is 2.87. The summed E-state index contributed by atoms with van der Waals surface area (Å²) in [5.74, 6) is 0.805. The fraction of sp³-hybridized carbons (Fsp3) is 0.500. The van der Waals surface area contributed by atoms with Gasteiger partial charge in [-0.1, -0.05) is 56.3 Å². The van der Waals surface area contributed by atoms with Gasteiger partial charge in [-0.2, -0.15) is 0 Å². The van der Waals surface area contributed by atoms with Gasteiger partial charge in [0.1, 0.15) is 0 Å². The fourth-order valence-electron chi connectivity index (χ4n) is 1.71. The summed E-state index contributed by atoms with van der Waals surface area (Å²) >= 11 is 0. The van der Waals surface area contributed by atoms with Gasteiger partial charge < -0.3 is 5.32 Å². The first kappa shape index (κ1) is 14.0. The molecule has 0 saturated carbocycles. The van der Waals surface area contributed by atoms with Crippen molar-refractivity contribution in [2.45, 2.75) is 39.7 Å². The summed E-state index contributed by atoms with van der Waals surface area (Å²) < 4.78 is 0. The molecule has 0 spiro atoms. The van der Waals surface area contributed by atoms with Gasteiger partial charge in [0.2, 0.25) is 0 Å². The molecule has 1 unspecified atom stereocenters. The average Bonchev–Trinajstić information content (AvgIpc) is 2.33. The van der Waals surface area contributed by atoms with E-state index >= 15 is 0 Å². The van der Waals surface area contributed by atoms with Crippen molar-refractivity contribution in [1.82, 2.24) is 5.32 Å². The van der Waals surface area contributed by atoms with Crippen LogP contribution in [-0.4, -0.2) is 12.6 Å². The molecule has 17 heavy (non-hydrogen) atoms. The highest BCUT2D eigenvalue weighted by atomic mass is 14.9. The molecular formula is C16H25N. The van der Waals surface area contributed by atoms with Gasteiger partial charge in [-0.3, -0.25) is 0 Å². The first-order valence-corrected chi connectivity index (χ1v) is 6.63. The lowest BCUT2D eigenvalue weighted by molar-refractivity contribution is 0.465. The van der Waals surface area contributed by atoms with E-state index in [0.717, 1.165) is 12.5 Å². The maximum absolute atomic E-state index is 3.52. The maximum atomic E-state index is 3.52. The molecule has 1 heteroatoms. The van der Waals surface area contributed by atoms with Gasteiger partial charge in [0.15, 0.2) is 0 Å². The molecule has 0 radical (unpaired) electrons. The van der Waals surface area contributed by atoms with Crippen LogP contribution in [0.15, 0.2) is 36.4 Å². The molecular weight excluding hydrogens is 206 g/mol. The van der Waals surface area contributed by atoms with Crippen LogP contribution in [0.3, 0.4) is 0 Å². The van der Waals surface area contributed by atoms with Crippen LogP contribution in [0.1, 0.15) is 39.2 Å². The minimum absolute atomic E-state index is 0.609. The van der Waals surface area contributed by atoms with Crippen LogP contribution in [0.25, 0.3) is 6.08 Å². The minimum Gasteiger partial charge on any atom is -0.311 e. The highest BCUT2D eigenvalue weighted by Crippen LogP contribution is 2.06. The Morgan fingerprint density at radius 3 is 2.41 bits per heavy atom. The highest BCUT2D eigenvalue weighted by molar-refractivity contribution is 5.48. The van der Waals surface area contributed by atoms with E-state index in [-0.39, 0.29) is 0 Å². The smallest absolute Gasteiger partial charge is 0.0140 e. The van der Waals surface area contributed by atoms with E-state index < -0.39 is 0 Å². The second kappa shape index (κ2) is 8.08. The fourth-order valence-corrected chi connectivity index (χ4v) is 1.71. The standard InChI is InChI=1S/C16H25N/c1-14(2)11-12-15(3)17-13-7-10-16-8-5-4-6-9-16/h4-10,14-15,17H,11-13H2,1-3H3/b10-7+. The number of nitrogens with one attached hydrogen (secondary N) is 1. The van der Waals surface area contributed by atoms with E-state index in [1.165, 1.54) is 18.4 Å². The molecule has 1 atom stereocenters. The molecule has 0 heterocycles. The van der Waals surface area contributed by atoms with Crippen molar-refractivity contribution in [3.8, 4) is 0 Å². The molecule has 94 valence electrons. The van der Waals surface area contributed by atoms with E-state index in [0.29, 0.717) is 6.04 Å². The molecule has 0 saturated heterocycles. The molecule has 0 aromatic heterocycles. The van der Waals surface area contributed by atoms with Gasteiger partial charge in [-0.05, 0) is 31.2 Å². The summed E-state index contributed by atoms with van der Waals surface area (Å²) in [6, 6.07) is 11.0. The van der Waals surface area contributed by atoms with Crippen molar-refractivity contribution in [2.75, 3.05) is 6.54 Å². The van der Waals surface area contributed by atoms with Crippen molar-refractivity contribution < 1.29 is 0 Å². The molecule has 0 amide bonds. The topological polar surface area (TPSA) is 12.0 Å². The van der Waals surface area contributed by atoms with Crippen molar-refractivity contribution in [1.29, 1.82) is 0 Å². The lowest BCUT2D eigenvalue weighted by Gasteiger charge is -2.13. The zero-order valence-corrected chi connectivity index (χ0v) is 11.3. The van der Waals surface area contributed by atoms with Gasteiger partial charge in [-0.25, -0.2) is 0 Å². The summed E-state index contributed by atoms with van der Waals surface area (Å²) in [5, 5.41) is 3.52. The first-order valence-electron chi connectivity index (χ1n) is 6.63. The number of rotatable bonds is 7. The van der Waals surface area contributed by atoms with Gasteiger partial charge >= 0.3 is 0 Å². The SMILES string of the molecule is CC(C)CCC(C)NC/C=C/c1ccccc1. The van der Waals surface area contributed by atoms with Crippen LogP contribution < -0.4 is 5.32 Å². The van der Waals surface area contributed by atoms with E-state index in [1.54, 1.807) is 0 Å². The van der Waals surface area contributed by atoms with Crippen LogP contribution >= 0.6 is 0 Å². The maximum Gasteiger partial charge on any atom is 0.0140 e. The van der Waals surface area contributed by atoms with Crippen molar-refractivity contribution in [3.63, 3.8) is 0 Å². The minimum atomic E-state index is 0.609. The van der Waals surface area contributed by atoms with Crippen LogP contribution in [0.2, 0.25) is 0 Å². The Balaban J connectivity index is 2.17. The summed E-state index contributed by atoms with van der Waals surface area (Å²) in [4.78, 5) is 0. The average molecular weight is 231 g/mol. The zero-order valence-electron chi connectivity index (χ0n) is 11.3. The van der Waals surface area contributed by atoms with E-state index in [9.17, 15) is 0 Å². The quantitative estimate of drug-likeness (QED) is 0.744. The zero-order chi connectivity index (χ0) is 12.5. The Hall–Kier alpha value is -1.08. The molecule has 0 aliphatic rings. The second-order valence-electron chi connectivity index (χ2n) is 5.09. The molecule has 1 N–H and O–H groups in total. The molecule has 1 aromatic rings. The summed E-state index contributed by atoms with van der Waals surface area (Å²) in [6.45, 7) is 7.77. The molecule has 0 bridgehead atoms. The number of hydrogen-bond acceptors (Lipinski definition) is 1. The number of benzene rings is 1. The molecule has 0 fully saturated rings. The third kappa shape index (κ3) is 6.96. The lowest BCUT2D eigenvalue weighted by atomic mass is 10.0. The van der Waals surface area contributed by atoms with Gasteiger partial charge in [0, 0.05) is 12.6 Å². The number of hydrogen-bond donors (Lipinski definition) is 1. The first-order chi connectivity index (χ1) is 8.18. The van der Waals surface area contributed by atoms with E-state index in [4.69, 9.17) is 0 Å². The Kier molecular flexibility index (Phi) is 6.64. The van der Waals surface area contributed by atoms with Crippen LogP contribution in [0, 0.1) is 5.92 Å². The van der Waals surface area contributed by atoms with Crippen molar-refractivity contribution in [3.05, 3.63) is 42.0 Å². The molecule has 1 rings (SSSR count). The normalized spacial score (nSPS) is 13.4. The molecule has 1 nitrogen and oxygen atoms in total. The molecule has 0 aliphatic heterocycles. The molecule has 0 aliphatic carbocycles. The highest BCUT2D eigenvalue weighted by Gasteiger charge is 2.01. The Morgan fingerprint density at radius 1 is 1.06 bits per heavy atom. The van der Waals surface area contributed by atoms with E-state index in [1.807, 2.05) is 6.07 Å². The van der Waals surface area contributed by atoms with E-state index in [2.05, 4.69) is 62.5 Å². The van der Waals surface area contributed by atoms with Crippen LogP contribution in [0.4, 0.5) is 0 Å². The summed E-state index contributed by atoms with van der Waals surface area (Å²) in [5.41, 5.74) is 1.27. The Labute approximate surface area is 106 Å². The Morgan fingerprint density at radius 2 is 1.76 bits per heavy atom. The third-order valence-electron chi connectivity index (χ3n) is 2.87. The lowest BCUT2D eigenvalue weighted by Crippen LogP contribution is -2.26. The second-order valence-corrected chi connectivity index (χ2v) is 5.09. The van der Waals surface area contributed by atoms with Crippen LogP contribution in [-0.2, 0) is 0 Å². The van der Waals surface area contributed by atoms with Gasteiger partial charge in [0.25, 0.3) is 0 Å². The Bertz CT molecular complexity index is 314. The van der Waals surface area contributed by atoms with Crippen molar-refractivity contribution in [2.24, 2.45) is 5.92 Å². The largest absolute Gasteiger partial charge is 0.311 e. The van der Waals surface area contributed by atoms with Gasteiger partial charge in [-0.15, -0.1) is 0 Å². The predicted octanol–water partition coefficient (Wildman–Crippen LogP) is 4.11. The van der Waals surface area contributed by atoms with Gasteiger partial charge in [0.05, 0.1) is 0 Å². The molecule has 1 aromatic carbocycles. The monoisotopic (exact) mass is 231 g/mol. The summed E-state index contributed by atoms with van der Waals surface area (Å²) in [6.07, 6.45) is 6.93. The summed E-state index contributed by atoms with van der Waals surface area (Å²) in [7, 11) is 0.